The summed E-state index contributed by atoms with van der Waals surface area (Å²) in [5.74, 6) is 1.53. The standard InChI is InChI=1S/C18H16N6O2/c19-18-20-9-11(10-21-18)16-22-14-12-3-1-2-4-13(12)26-15(14)17(23-16)24-5-7-25-8-6-24/h1-4,9-10H,5-8H2,(H2,19,20,21). The van der Waals surface area contributed by atoms with E-state index >= 15 is 0 Å². The Balaban J connectivity index is 1.77. The third-order valence-electron chi connectivity index (χ3n) is 4.44. The van der Waals surface area contributed by atoms with E-state index in [1.807, 2.05) is 24.3 Å². The van der Waals surface area contributed by atoms with Gasteiger partial charge in [0.15, 0.2) is 17.2 Å². The summed E-state index contributed by atoms with van der Waals surface area (Å²) in [4.78, 5) is 19.8. The first-order valence-corrected chi connectivity index (χ1v) is 8.39. The molecule has 4 heterocycles. The van der Waals surface area contributed by atoms with E-state index in [9.17, 15) is 0 Å². The SMILES string of the molecule is Nc1ncc(-c2nc(N3CCOCC3)c3oc4ccccc4c3n2)cn1. The molecule has 3 aromatic heterocycles. The van der Waals surface area contributed by atoms with E-state index in [1.54, 1.807) is 12.4 Å². The lowest BCUT2D eigenvalue weighted by Crippen LogP contribution is -2.37. The maximum Gasteiger partial charge on any atom is 0.219 e. The lowest BCUT2D eigenvalue weighted by Gasteiger charge is -2.27. The molecule has 1 aliphatic heterocycles. The lowest BCUT2D eigenvalue weighted by atomic mass is 10.2. The van der Waals surface area contributed by atoms with Gasteiger partial charge in [0.2, 0.25) is 5.95 Å². The molecule has 0 saturated carbocycles. The number of rotatable bonds is 2. The van der Waals surface area contributed by atoms with E-state index in [0.29, 0.717) is 30.2 Å². The Morgan fingerprint density at radius 2 is 1.77 bits per heavy atom. The molecule has 0 unspecified atom stereocenters. The molecule has 0 radical (unpaired) electrons. The molecular formula is C18H16N6O2. The van der Waals surface area contributed by atoms with Crippen molar-refractivity contribution in [1.82, 2.24) is 19.9 Å². The van der Waals surface area contributed by atoms with Crippen LogP contribution in [0.1, 0.15) is 0 Å². The number of morpholine rings is 1. The van der Waals surface area contributed by atoms with Crippen molar-refractivity contribution in [2.24, 2.45) is 0 Å². The van der Waals surface area contributed by atoms with Crippen molar-refractivity contribution in [2.45, 2.75) is 0 Å². The van der Waals surface area contributed by atoms with Gasteiger partial charge in [0, 0.05) is 30.9 Å². The van der Waals surface area contributed by atoms with Crippen LogP contribution in [0.5, 0.6) is 0 Å². The number of aromatic nitrogens is 4. The van der Waals surface area contributed by atoms with Crippen molar-refractivity contribution in [2.75, 3.05) is 36.9 Å². The molecule has 130 valence electrons. The molecule has 0 atom stereocenters. The van der Waals surface area contributed by atoms with Crippen LogP contribution in [-0.2, 0) is 4.74 Å². The molecule has 1 aliphatic rings. The quantitative estimate of drug-likeness (QED) is 0.588. The first-order chi connectivity index (χ1) is 12.8. The van der Waals surface area contributed by atoms with Crippen LogP contribution in [0.2, 0.25) is 0 Å². The van der Waals surface area contributed by atoms with Gasteiger partial charge in [0.05, 0.1) is 18.8 Å². The van der Waals surface area contributed by atoms with Crippen molar-refractivity contribution < 1.29 is 9.15 Å². The largest absolute Gasteiger partial charge is 0.450 e. The summed E-state index contributed by atoms with van der Waals surface area (Å²) in [6.07, 6.45) is 3.27. The topological polar surface area (TPSA) is 103 Å². The normalized spacial score (nSPS) is 15.0. The Morgan fingerprint density at radius 3 is 2.58 bits per heavy atom. The Kier molecular flexibility index (Phi) is 3.42. The zero-order valence-electron chi connectivity index (χ0n) is 13.9. The molecule has 0 spiro atoms. The maximum absolute atomic E-state index is 6.09. The fraction of sp³-hybridized carbons (Fsp3) is 0.222. The molecule has 0 bridgehead atoms. The maximum atomic E-state index is 6.09. The minimum Gasteiger partial charge on any atom is -0.450 e. The van der Waals surface area contributed by atoms with Gasteiger partial charge in [0.25, 0.3) is 0 Å². The monoisotopic (exact) mass is 348 g/mol. The number of nitrogens with two attached hydrogens (primary N) is 1. The van der Waals surface area contributed by atoms with Crippen LogP contribution in [0.3, 0.4) is 0 Å². The van der Waals surface area contributed by atoms with Gasteiger partial charge < -0.3 is 19.8 Å². The van der Waals surface area contributed by atoms with Crippen LogP contribution >= 0.6 is 0 Å². The van der Waals surface area contributed by atoms with Crippen LogP contribution in [0.15, 0.2) is 41.1 Å². The Bertz CT molecular complexity index is 1090. The molecule has 26 heavy (non-hydrogen) atoms. The third kappa shape index (κ3) is 2.42. The Hall–Kier alpha value is -3.26. The number of hydrogen-bond acceptors (Lipinski definition) is 8. The molecule has 1 fully saturated rings. The number of para-hydroxylation sites is 1. The average molecular weight is 348 g/mol. The van der Waals surface area contributed by atoms with E-state index < -0.39 is 0 Å². The van der Waals surface area contributed by atoms with Crippen LogP contribution in [0, 0.1) is 0 Å². The van der Waals surface area contributed by atoms with Gasteiger partial charge in [-0.25, -0.2) is 19.9 Å². The smallest absolute Gasteiger partial charge is 0.219 e. The second kappa shape index (κ2) is 5.92. The zero-order chi connectivity index (χ0) is 17.5. The molecule has 5 rings (SSSR count). The highest BCUT2D eigenvalue weighted by Crippen LogP contribution is 2.34. The molecule has 1 saturated heterocycles. The minimum absolute atomic E-state index is 0.219. The van der Waals surface area contributed by atoms with Gasteiger partial charge in [-0.2, -0.15) is 0 Å². The van der Waals surface area contributed by atoms with Gasteiger partial charge in [-0.15, -0.1) is 0 Å². The van der Waals surface area contributed by atoms with Crippen molar-refractivity contribution in [3.63, 3.8) is 0 Å². The first kappa shape index (κ1) is 15.0. The Morgan fingerprint density at radius 1 is 1.00 bits per heavy atom. The van der Waals surface area contributed by atoms with Gasteiger partial charge in [-0.05, 0) is 12.1 Å². The van der Waals surface area contributed by atoms with Crippen LogP contribution in [0.25, 0.3) is 33.5 Å². The summed E-state index contributed by atoms with van der Waals surface area (Å²) in [6.45, 7) is 2.82. The molecule has 8 nitrogen and oxygen atoms in total. The second-order valence-corrected chi connectivity index (χ2v) is 6.08. The average Bonchev–Trinajstić information content (AvgIpc) is 3.07. The summed E-state index contributed by atoms with van der Waals surface area (Å²) in [5.41, 5.74) is 8.57. The second-order valence-electron chi connectivity index (χ2n) is 6.08. The molecule has 0 amide bonds. The van der Waals surface area contributed by atoms with Gasteiger partial charge in [-0.3, -0.25) is 0 Å². The summed E-state index contributed by atoms with van der Waals surface area (Å²) >= 11 is 0. The third-order valence-corrected chi connectivity index (χ3v) is 4.44. The van der Waals surface area contributed by atoms with E-state index in [-0.39, 0.29) is 5.95 Å². The highest BCUT2D eigenvalue weighted by atomic mass is 16.5. The van der Waals surface area contributed by atoms with Gasteiger partial charge >= 0.3 is 0 Å². The number of hydrogen-bond donors (Lipinski definition) is 1. The predicted octanol–water partition coefficient (Wildman–Crippen LogP) is 2.25. The minimum atomic E-state index is 0.219. The number of ether oxygens (including phenoxy) is 1. The number of anilines is 2. The molecule has 0 aliphatic carbocycles. The number of fused-ring (bicyclic) bond motifs is 3. The Labute approximate surface area is 148 Å². The van der Waals surface area contributed by atoms with E-state index in [0.717, 1.165) is 35.4 Å². The fourth-order valence-corrected chi connectivity index (χ4v) is 3.15. The van der Waals surface area contributed by atoms with E-state index in [4.69, 9.17) is 24.9 Å². The van der Waals surface area contributed by atoms with Gasteiger partial charge in [-0.1, -0.05) is 12.1 Å². The fourth-order valence-electron chi connectivity index (χ4n) is 3.15. The summed E-state index contributed by atoms with van der Waals surface area (Å²) in [6, 6.07) is 7.85. The van der Waals surface area contributed by atoms with Crippen LogP contribution < -0.4 is 10.6 Å². The molecule has 4 aromatic rings. The molecule has 8 heteroatoms. The lowest BCUT2D eigenvalue weighted by molar-refractivity contribution is 0.122. The number of benzene rings is 1. The first-order valence-electron chi connectivity index (χ1n) is 8.39. The summed E-state index contributed by atoms with van der Waals surface area (Å²) in [5, 5.41) is 0.956. The number of nitrogens with zero attached hydrogens (tertiary/aromatic N) is 5. The van der Waals surface area contributed by atoms with E-state index in [2.05, 4.69) is 14.9 Å². The summed E-state index contributed by atoms with van der Waals surface area (Å²) < 4.78 is 11.6. The van der Waals surface area contributed by atoms with Crippen LogP contribution in [-0.4, -0.2) is 46.2 Å². The van der Waals surface area contributed by atoms with Crippen molar-refractivity contribution in [3.8, 4) is 11.4 Å². The molecule has 2 N–H and O–H groups in total. The molecule has 1 aromatic carbocycles. The van der Waals surface area contributed by atoms with Crippen molar-refractivity contribution >= 4 is 33.8 Å². The highest BCUT2D eigenvalue weighted by Gasteiger charge is 2.22. The predicted molar refractivity (Wildman–Crippen MR) is 97.8 cm³/mol. The van der Waals surface area contributed by atoms with E-state index in [1.165, 1.54) is 0 Å². The van der Waals surface area contributed by atoms with Crippen molar-refractivity contribution in [1.29, 1.82) is 0 Å². The molecular weight excluding hydrogens is 332 g/mol. The number of nitrogen functional groups attached to an aromatic ring is 1. The zero-order valence-corrected chi connectivity index (χ0v) is 13.9. The van der Waals surface area contributed by atoms with Gasteiger partial charge in [0.1, 0.15) is 11.1 Å². The highest BCUT2D eigenvalue weighted by molar-refractivity contribution is 6.06. The van der Waals surface area contributed by atoms with Crippen LogP contribution in [0.4, 0.5) is 11.8 Å². The summed E-state index contributed by atoms with van der Waals surface area (Å²) in [7, 11) is 0. The number of furan rings is 1. The van der Waals surface area contributed by atoms with Crippen molar-refractivity contribution in [3.05, 3.63) is 36.7 Å².